The van der Waals surface area contributed by atoms with Gasteiger partial charge in [0.05, 0.1) is 11.1 Å². The van der Waals surface area contributed by atoms with Crippen LogP contribution >= 0.6 is 0 Å². The Hall–Kier alpha value is -3.33. The summed E-state index contributed by atoms with van der Waals surface area (Å²) in [5.74, 6) is -0.0433. The maximum Gasteiger partial charge on any atom is 0.573 e. The summed E-state index contributed by atoms with van der Waals surface area (Å²) in [6.07, 6.45) is -1.04. The van der Waals surface area contributed by atoms with Crippen molar-refractivity contribution in [1.82, 2.24) is 15.2 Å². The van der Waals surface area contributed by atoms with E-state index in [0.29, 0.717) is 53.3 Å². The molecule has 0 radical (unpaired) electrons. The van der Waals surface area contributed by atoms with Gasteiger partial charge >= 0.3 is 6.36 Å². The fraction of sp³-hybridized carbons (Fsp3) is 0.385. The molecule has 1 aliphatic heterocycles. The molecular weight excluding hydrogens is 459 g/mol. The van der Waals surface area contributed by atoms with Crippen LogP contribution in [0.5, 0.6) is 11.5 Å². The second-order valence-corrected chi connectivity index (χ2v) is 9.34. The van der Waals surface area contributed by atoms with Gasteiger partial charge in [0.2, 0.25) is 0 Å². The molecule has 1 saturated heterocycles. The second-order valence-electron chi connectivity index (χ2n) is 9.34. The fourth-order valence-corrected chi connectivity index (χ4v) is 4.52. The molecule has 0 spiro atoms. The topological polar surface area (TPSA) is 63.7 Å². The molecule has 184 valence electrons. The Morgan fingerprint density at radius 3 is 2.66 bits per heavy atom. The molecule has 1 unspecified atom stereocenters. The molecule has 9 heteroatoms. The van der Waals surface area contributed by atoms with E-state index in [0.717, 1.165) is 18.5 Å². The van der Waals surface area contributed by atoms with Crippen LogP contribution in [0.4, 0.5) is 13.2 Å². The number of ether oxygens (including phenoxy) is 2. The van der Waals surface area contributed by atoms with Gasteiger partial charge < -0.3 is 14.8 Å². The summed E-state index contributed by atoms with van der Waals surface area (Å²) >= 11 is 0. The number of carbonyl (C=O) groups excluding carboxylic acids is 1. The van der Waals surface area contributed by atoms with Crippen molar-refractivity contribution in [2.24, 2.45) is 0 Å². The van der Waals surface area contributed by atoms with E-state index in [1.165, 1.54) is 18.3 Å². The molecule has 1 amide bonds. The maximum atomic E-state index is 13.4. The Balaban J connectivity index is 1.41. The van der Waals surface area contributed by atoms with Crippen LogP contribution in [0.2, 0.25) is 0 Å². The van der Waals surface area contributed by atoms with Gasteiger partial charge in [-0.2, -0.15) is 0 Å². The predicted molar refractivity (Wildman–Crippen MR) is 125 cm³/mol. The molecule has 1 aliphatic carbocycles. The molecular formula is C26H26F3N3O3. The third kappa shape index (κ3) is 4.91. The monoisotopic (exact) mass is 485 g/mol. The van der Waals surface area contributed by atoms with Crippen molar-refractivity contribution >= 4 is 16.8 Å². The molecule has 3 aromatic rings. The SMILES string of the molecule is Cc1ccc(OCC2CCN2C)cc1C(=O)NC1(c2cc(OC(F)(F)F)cc3ncccc23)CC1. The van der Waals surface area contributed by atoms with Crippen LogP contribution in [-0.4, -0.2) is 48.4 Å². The van der Waals surface area contributed by atoms with Gasteiger partial charge in [-0.15, -0.1) is 13.2 Å². The lowest BCUT2D eigenvalue weighted by Crippen LogP contribution is -2.48. The average Bonchev–Trinajstić information content (AvgIpc) is 3.57. The molecule has 1 atom stereocenters. The number of aryl methyl sites for hydroxylation is 1. The van der Waals surface area contributed by atoms with Crippen molar-refractivity contribution in [3.05, 3.63) is 65.4 Å². The summed E-state index contributed by atoms with van der Waals surface area (Å²) in [6, 6.07) is 11.9. The fourth-order valence-electron chi connectivity index (χ4n) is 4.52. The largest absolute Gasteiger partial charge is 0.573 e. The summed E-state index contributed by atoms with van der Waals surface area (Å²) in [7, 11) is 2.05. The standard InChI is InChI=1S/C26H26F3N3O3/c1-16-5-6-18(34-15-17-7-11-32(17)2)12-21(16)24(33)31-25(8-9-25)22-13-19(35-26(27,28)29)14-23-20(22)4-3-10-30-23/h3-6,10,12-14,17H,7-9,11,15H2,1-2H3,(H,31,33). The van der Waals surface area contributed by atoms with Gasteiger partial charge in [0.25, 0.3) is 5.91 Å². The summed E-state index contributed by atoms with van der Waals surface area (Å²) < 4.78 is 48.9. The molecule has 2 aliphatic rings. The number of nitrogens with zero attached hydrogens (tertiary/aromatic N) is 2. The van der Waals surface area contributed by atoms with Crippen molar-refractivity contribution in [1.29, 1.82) is 0 Å². The Morgan fingerprint density at radius 1 is 1.20 bits per heavy atom. The highest BCUT2D eigenvalue weighted by atomic mass is 19.4. The van der Waals surface area contributed by atoms with E-state index >= 15 is 0 Å². The molecule has 2 heterocycles. The van der Waals surface area contributed by atoms with Gasteiger partial charge in [-0.05, 0) is 75.2 Å². The number of benzene rings is 2. The zero-order chi connectivity index (χ0) is 24.8. The van der Waals surface area contributed by atoms with E-state index in [1.54, 1.807) is 18.2 Å². The van der Waals surface area contributed by atoms with Crippen molar-refractivity contribution < 1.29 is 27.4 Å². The predicted octanol–water partition coefficient (Wildman–Crippen LogP) is 4.94. The van der Waals surface area contributed by atoms with E-state index in [-0.39, 0.29) is 11.7 Å². The first kappa shape index (κ1) is 23.4. The third-order valence-corrected chi connectivity index (χ3v) is 6.88. The first-order valence-corrected chi connectivity index (χ1v) is 11.5. The number of amides is 1. The molecule has 6 nitrogen and oxygen atoms in total. The minimum Gasteiger partial charge on any atom is -0.492 e. The number of carbonyl (C=O) groups is 1. The number of halogens is 3. The number of pyridine rings is 1. The van der Waals surface area contributed by atoms with Crippen LogP contribution in [0.3, 0.4) is 0 Å². The van der Waals surface area contributed by atoms with Crippen molar-refractivity contribution in [3.8, 4) is 11.5 Å². The first-order chi connectivity index (χ1) is 16.6. The number of hydrogen-bond donors (Lipinski definition) is 1. The number of likely N-dealkylation sites (tertiary alicyclic amines) is 1. The number of fused-ring (bicyclic) bond motifs is 1. The number of alkyl halides is 3. The van der Waals surface area contributed by atoms with Gasteiger partial charge in [0.15, 0.2) is 0 Å². The van der Waals surface area contributed by atoms with Crippen molar-refractivity contribution in [2.75, 3.05) is 20.2 Å². The van der Waals surface area contributed by atoms with E-state index in [2.05, 4.69) is 27.0 Å². The van der Waals surface area contributed by atoms with Crippen molar-refractivity contribution in [3.63, 3.8) is 0 Å². The van der Waals surface area contributed by atoms with E-state index in [1.807, 2.05) is 19.1 Å². The Bertz CT molecular complexity index is 1270. The highest BCUT2D eigenvalue weighted by Crippen LogP contribution is 2.49. The lowest BCUT2D eigenvalue weighted by atomic mass is 9.97. The minimum absolute atomic E-state index is 0.301. The van der Waals surface area contributed by atoms with E-state index in [4.69, 9.17) is 4.74 Å². The molecule has 1 saturated carbocycles. The van der Waals surface area contributed by atoms with Gasteiger partial charge in [-0.1, -0.05) is 12.1 Å². The molecule has 35 heavy (non-hydrogen) atoms. The number of rotatable bonds is 7. The van der Waals surface area contributed by atoms with Crippen LogP contribution in [-0.2, 0) is 5.54 Å². The summed E-state index contributed by atoms with van der Waals surface area (Å²) in [6.45, 7) is 3.45. The van der Waals surface area contributed by atoms with Gasteiger partial charge in [-0.25, -0.2) is 0 Å². The molecule has 2 fully saturated rings. The number of aromatic nitrogens is 1. The highest BCUT2D eigenvalue weighted by Gasteiger charge is 2.47. The van der Waals surface area contributed by atoms with Crippen LogP contribution in [0.15, 0.2) is 48.7 Å². The van der Waals surface area contributed by atoms with Gasteiger partial charge in [-0.3, -0.25) is 14.7 Å². The Labute approximate surface area is 201 Å². The smallest absolute Gasteiger partial charge is 0.492 e. The number of likely N-dealkylation sites (N-methyl/N-ethyl adjacent to an activating group) is 1. The summed E-state index contributed by atoms with van der Waals surface area (Å²) in [4.78, 5) is 19.8. The Kier molecular flexibility index (Phi) is 5.83. The zero-order valence-corrected chi connectivity index (χ0v) is 19.5. The molecule has 2 aromatic carbocycles. The zero-order valence-electron chi connectivity index (χ0n) is 19.5. The van der Waals surface area contributed by atoms with Crippen LogP contribution in [0.25, 0.3) is 10.9 Å². The van der Waals surface area contributed by atoms with Crippen LogP contribution in [0, 0.1) is 6.92 Å². The molecule has 1 N–H and O–H groups in total. The normalized spacial score (nSPS) is 19.2. The highest BCUT2D eigenvalue weighted by molar-refractivity contribution is 5.97. The van der Waals surface area contributed by atoms with E-state index < -0.39 is 11.9 Å². The Morgan fingerprint density at radius 2 is 2.00 bits per heavy atom. The summed E-state index contributed by atoms with van der Waals surface area (Å²) in [5, 5.41) is 3.76. The lowest BCUT2D eigenvalue weighted by Gasteiger charge is -2.37. The molecule has 1 aromatic heterocycles. The van der Waals surface area contributed by atoms with Crippen LogP contribution in [0.1, 0.15) is 40.7 Å². The molecule has 5 rings (SSSR count). The summed E-state index contributed by atoms with van der Waals surface area (Å²) in [5.41, 5.74) is 1.40. The number of hydrogen-bond acceptors (Lipinski definition) is 5. The first-order valence-electron chi connectivity index (χ1n) is 11.5. The second kappa shape index (κ2) is 8.71. The molecule has 0 bridgehead atoms. The van der Waals surface area contributed by atoms with Gasteiger partial charge in [0, 0.05) is 29.3 Å². The van der Waals surface area contributed by atoms with Crippen LogP contribution < -0.4 is 14.8 Å². The van der Waals surface area contributed by atoms with E-state index in [9.17, 15) is 18.0 Å². The minimum atomic E-state index is -4.83. The third-order valence-electron chi connectivity index (χ3n) is 6.88. The van der Waals surface area contributed by atoms with Crippen molar-refractivity contribution in [2.45, 2.75) is 44.1 Å². The lowest BCUT2D eigenvalue weighted by molar-refractivity contribution is -0.274. The quantitative estimate of drug-likeness (QED) is 0.514. The average molecular weight is 486 g/mol. The van der Waals surface area contributed by atoms with Gasteiger partial charge in [0.1, 0.15) is 18.1 Å². The number of nitrogens with one attached hydrogen (secondary N) is 1. The maximum absolute atomic E-state index is 13.4.